The first-order valence-corrected chi connectivity index (χ1v) is 7.53. The molecule has 1 aliphatic carbocycles. The molecule has 0 aliphatic heterocycles. The highest BCUT2D eigenvalue weighted by atomic mass is 35.5. The molecule has 22 heavy (non-hydrogen) atoms. The molecular formula is C17H20ClN3O. The normalized spacial score (nSPS) is 17.2. The third kappa shape index (κ3) is 2.64. The second-order valence-corrected chi connectivity index (χ2v) is 5.75. The standard InChI is InChI=1S/C17H19N3O.ClH/c1-20-16-7-4-6-15(14(16)11-19-20)18-10-13-9-12-5-2-3-8-17(12)21-13;/h2-3,5,8-9,11,15,18H,4,6-7,10H2,1H3;1H. The molecule has 4 rings (SSSR count). The number of aromatic nitrogens is 2. The summed E-state index contributed by atoms with van der Waals surface area (Å²) in [5.41, 5.74) is 3.67. The molecule has 0 amide bonds. The van der Waals surface area contributed by atoms with Crippen molar-refractivity contribution in [1.29, 1.82) is 0 Å². The Morgan fingerprint density at radius 2 is 2.23 bits per heavy atom. The van der Waals surface area contributed by atoms with E-state index in [-0.39, 0.29) is 12.4 Å². The number of nitrogens with zero attached hydrogens (tertiary/aromatic N) is 2. The Kier molecular flexibility index (Phi) is 4.23. The number of rotatable bonds is 3. The zero-order chi connectivity index (χ0) is 14.2. The van der Waals surface area contributed by atoms with Crippen LogP contribution in [0.2, 0.25) is 0 Å². The fourth-order valence-corrected chi connectivity index (χ4v) is 3.27. The number of hydrogen-bond donors (Lipinski definition) is 1. The van der Waals surface area contributed by atoms with Gasteiger partial charge in [0.2, 0.25) is 0 Å². The van der Waals surface area contributed by atoms with E-state index in [4.69, 9.17) is 4.42 Å². The van der Waals surface area contributed by atoms with E-state index in [9.17, 15) is 0 Å². The van der Waals surface area contributed by atoms with Gasteiger partial charge >= 0.3 is 0 Å². The fraction of sp³-hybridized carbons (Fsp3) is 0.353. The number of aryl methyl sites for hydroxylation is 1. The van der Waals surface area contributed by atoms with Crippen LogP contribution in [0.25, 0.3) is 11.0 Å². The molecule has 1 aromatic carbocycles. The summed E-state index contributed by atoms with van der Waals surface area (Å²) < 4.78 is 7.87. The molecule has 1 N–H and O–H groups in total. The fourth-order valence-electron chi connectivity index (χ4n) is 3.27. The molecule has 0 saturated carbocycles. The van der Waals surface area contributed by atoms with E-state index in [0.717, 1.165) is 24.3 Å². The van der Waals surface area contributed by atoms with Crippen LogP contribution < -0.4 is 5.32 Å². The smallest absolute Gasteiger partial charge is 0.134 e. The maximum Gasteiger partial charge on any atom is 0.134 e. The van der Waals surface area contributed by atoms with Crippen molar-refractivity contribution in [1.82, 2.24) is 15.1 Å². The van der Waals surface area contributed by atoms with Crippen LogP contribution in [-0.4, -0.2) is 9.78 Å². The Morgan fingerprint density at radius 3 is 3.09 bits per heavy atom. The summed E-state index contributed by atoms with van der Waals surface area (Å²) in [5, 5.41) is 9.18. The van der Waals surface area contributed by atoms with E-state index < -0.39 is 0 Å². The van der Waals surface area contributed by atoms with E-state index in [1.807, 2.05) is 36.1 Å². The number of fused-ring (bicyclic) bond motifs is 2. The van der Waals surface area contributed by atoms with Crippen molar-refractivity contribution in [2.75, 3.05) is 0 Å². The molecule has 0 fully saturated rings. The molecule has 0 radical (unpaired) electrons. The van der Waals surface area contributed by atoms with Gasteiger partial charge in [0.25, 0.3) is 0 Å². The van der Waals surface area contributed by atoms with Crippen LogP contribution in [0.3, 0.4) is 0 Å². The van der Waals surface area contributed by atoms with Crippen LogP contribution in [0.4, 0.5) is 0 Å². The number of halogens is 1. The lowest BCUT2D eigenvalue weighted by atomic mass is 9.93. The minimum Gasteiger partial charge on any atom is -0.460 e. The SMILES string of the molecule is Cl.Cn1ncc2c1CCCC2NCc1cc2ccccc2o1. The van der Waals surface area contributed by atoms with Gasteiger partial charge in [0.15, 0.2) is 0 Å². The highest BCUT2D eigenvalue weighted by Gasteiger charge is 2.23. The van der Waals surface area contributed by atoms with Crippen LogP contribution in [0.15, 0.2) is 40.9 Å². The van der Waals surface area contributed by atoms with Gasteiger partial charge in [-0.15, -0.1) is 12.4 Å². The van der Waals surface area contributed by atoms with Crippen LogP contribution in [-0.2, 0) is 20.0 Å². The second-order valence-electron chi connectivity index (χ2n) is 5.75. The van der Waals surface area contributed by atoms with Gasteiger partial charge in [-0.25, -0.2) is 0 Å². The summed E-state index contributed by atoms with van der Waals surface area (Å²) in [7, 11) is 2.03. The first kappa shape index (κ1) is 15.1. The first-order valence-electron chi connectivity index (χ1n) is 7.53. The average Bonchev–Trinajstić information content (AvgIpc) is 3.09. The van der Waals surface area contributed by atoms with Crippen molar-refractivity contribution in [3.8, 4) is 0 Å². The Labute approximate surface area is 135 Å². The van der Waals surface area contributed by atoms with Crippen molar-refractivity contribution in [2.24, 2.45) is 7.05 Å². The molecule has 1 atom stereocenters. The highest BCUT2D eigenvalue weighted by molar-refractivity contribution is 5.85. The summed E-state index contributed by atoms with van der Waals surface area (Å²) in [6.45, 7) is 0.758. The number of benzene rings is 1. The molecule has 4 nitrogen and oxygen atoms in total. The van der Waals surface area contributed by atoms with Crippen molar-refractivity contribution >= 4 is 23.4 Å². The number of hydrogen-bond acceptors (Lipinski definition) is 3. The number of furan rings is 1. The molecule has 0 spiro atoms. The highest BCUT2D eigenvalue weighted by Crippen LogP contribution is 2.29. The summed E-state index contributed by atoms with van der Waals surface area (Å²) >= 11 is 0. The predicted molar refractivity (Wildman–Crippen MR) is 89.2 cm³/mol. The van der Waals surface area contributed by atoms with Gasteiger partial charge in [0.1, 0.15) is 11.3 Å². The lowest BCUT2D eigenvalue weighted by Crippen LogP contribution is -2.24. The quantitative estimate of drug-likeness (QED) is 0.800. The van der Waals surface area contributed by atoms with Gasteiger partial charge in [-0.1, -0.05) is 18.2 Å². The molecule has 116 valence electrons. The Hall–Kier alpha value is -1.78. The Balaban J connectivity index is 0.00000144. The summed E-state index contributed by atoms with van der Waals surface area (Å²) in [6, 6.07) is 10.6. The number of nitrogens with one attached hydrogen (secondary N) is 1. The maximum atomic E-state index is 5.87. The molecular weight excluding hydrogens is 298 g/mol. The Morgan fingerprint density at radius 1 is 1.36 bits per heavy atom. The van der Waals surface area contributed by atoms with Gasteiger partial charge in [-0.2, -0.15) is 5.10 Å². The minimum atomic E-state index is 0. The number of para-hydroxylation sites is 1. The van der Waals surface area contributed by atoms with Crippen molar-refractivity contribution in [3.05, 3.63) is 53.5 Å². The van der Waals surface area contributed by atoms with E-state index >= 15 is 0 Å². The van der Waals surface area contributed by atoms with Crippen LogP contribution >= 0.6 is 12.4 Å². The van der Waals surface area contributed by atoms with Gasteiger partial charge < -0.3 is 9.73 Å². The van der Waals surface area contributed by atoms with Gasteiger partial charge in [0, 0.05) is 29.7 Å². The molecule has 2 heterocycles. The van der Waals surface area contributed by atoms with Crippen LogP contribution in [0.5, 0.6) is 0 Å². The third-order valence-electron chi connectivity index (χ3n) is 4.37. The molecule has 1 unspecified atom stereocenters. The molecule has 5 heteroatoms. The summed E-state index contributed by atoms with van der Waals surface area (Å²) in [5.74, 6) is 0.993. The molecule has 1 aliphatic rings. The van der Waals surface area contributed by atoms with Gasteiger partial charge in [-0.05, 0) is 31.4 Å². The van der Waals surface area contributed by atoms with E-state index in [1.54, 1.807) is 0 Å². The lowest BCUT2D eigenvalue weighted by molar-refractivity contribution is 0.422. The zero-order valence-corrected chi connectivity index (χ0v) is 13.4. The lowest BCUT2D eigenvalue weighted by Gasteiger charge is -2.23. The maximum absolute atomic E-state index is 5.87. The van der Waals surface area contributed by atoms with E-state index in [0.29, 0.717) is 6.04 Å². The van der Waals surface area contributed by atoms with Crippen molar-refractivity contribution in [3.63, 3.8) is 0 Å². The third-order valence-corrected chi connectivity index (χ3v) is 4.37. The van der Waals surface area contributed by atoms with E-state index in [2.05, 4.69) is 22.5 Å². The topological polar surface area (TPSA) is 43.0 Å². The second kappa shape index (κ2) is 6.15. The monoisotopic (exact) mass is 317 g/mol. The molecule has 0 saturated heterocycles. The summed E-state index contributed by atoms with van der Waals surface area (Å²) in [6.07, 6.45) is 5.52. The van der Waals surface area contributed by atoms with Crippen LogP contribution in [0.1, 0.15) is 35.9 Å². The molecule has 3 aromatic rings. The summed E-state index contributed by atoms with van der Waals surface area (Å²) in [4.78, 5) is 0. The molecule has 2 aromatic heterocycles. The molecule has 0 bridgehead atoms. The largest absolute Gasteiger partial charge is 0.460 e. The average molecular weight is 318 g/mol. The van der Waals surface area contributed by atoms with Crippen LogP contribution in [0, 0.1) is 0 Å². The van der Waals surface area contributed by atoms with Gasteiger partial charge in [0.05, 0.1) is 12.7 Å². The Bertz CT molecular complexity index is 744. The van der Waals surface area contributed by atoms with Gasteiger partial charge in [-0.3, -0.25) is 4.68 Å². The minimum absolute atomic E-state index is 0. The zero-order valence-electron chi connectivity index (χ0n) is 12.6. The first-order chi connectivity index (χ1) is 10.3. The predicted octanol–water partition coefficient (Wildman–Crippen LogP) is 3.76. The van der Waals surface area contributed by atoms with Crippen molar-refractivity contribution in [2.45, 2.75) is 31.8 Å². The van der Waals surface area contributed by atoms with E-state index in [1.165, 1.54) is 29.5 Å². The van der Waals surface area contributed by atoms with Crippen molar-refractivity contribution < 1.29 is 4.42 Å².